The Balaban J connectivity index is 2.89. The number of halogens is 1. The van der Waals surface area contributed by atoms with E-state index in [-0.39, 0.29) is 10.7 Å². The first kappa shape index (κ1) is 12.4. The largest absolute Gasteiger partial charge is 0.480 e. The number of nitrogens with zero attached hydrogens (tertiary/aromatic N) is 1. The standard InChI is InChI=1S/C10H11ClN2O3/c1-10(2,9(15)16)13-8(14)6-4-3-5-12-7(6)11/h3-5H,1-2H3,(H,13,14)(H,15,16). The number of aliphatic carboxylic acids is 1. The molecule has 0 spiro atoms. The molecule has 0 aliphatic carbocycles. The van der Waals surface area contributed by atoms with E-state index in [9.17, 15) is 9.59 Å². The van der Waals surface area contributed by atoms with Crippen molar-refractivity contribution in [2.24, 2.45) is 0 Å². The summed E-state index contributed by atoms with van der Waals surface area (Å²) in [5, 5.41) is 11.2. The Labute approximate surface area is 97.4 Å². The molecule has 0 aliphatic heterocycles. The van der Waals surface area contributed by atoms with Crippen LogP contribution in [0.25, 0.3) is 0 Å². The smallest absolute Gasteiger partial charge is 0.328 e. The van der Waals surface area contributed by atoms with Crippen molar-refractivity contribution in [2.75, 3.05) is 0 Å². The second-order valence-corrected chi connectivity index (χ2v) is 4.08. The number of carboxylic acids is 1. The summed E-state index contributed by atoms with van der Waals surface area (Å²) in [4.78, 5) is 26.2. The topological polar surface area (TPSA) is 79.3 Å². The molecule has 0 aliphatic rings. The molecule has 0 saturated carbocycles. The van der Waals surface area contributed by atoms with Crippen LogP contribution in [0.15, 0.2) is 18.3 Å². The normalized spacial score (nSPS) is 10.9. The van der Waals surface area contributed by atoms with Crippen molar-refractivity contribution in [3.8, 4) is 0 Å². The van der Waals surface area contributed by atoms with Gasteiger partial charge in [-0.2, -0.15) is 0 Å². The minimum absolute atomic E-state index is 0.0428. The molecule has 1 amide bonds. The van der Waals surface area contributed by atoms with Crippen molar-refractivity contribution in [3.63, 3.8) is 0 Å². The fourth-order valence-corrected chi connectivity index (χ4v) is 1.17. The number of carbonyl (C=O) groups is 2. The lowest BCUT2D eigenvalue weighted by Crippen LogP contribution is -2.49. The van der Waals surface area contributed by atoms with Crippen molar-refractivity contribution in [3.05, 3.63) is 29.0 Å². The van der Waals surface area contributed by atoms with Gasteiger partial charge in [0.25, 0.3) is 5.91 Å². The summed E-state index contributed by atoms with van der Waals surface area (Å²) in [7, 11) is 0. The predicted molar refractivity (Wildman–Crippen MR) is 58.4 cm³/mol. The van der Waals surface area contributed by atoms with E-state index in [1.165, 1.54) is 26.1 Å². The van der Waals surface area contributed by atoms with Gasteiger partial charge in [0.15, 0.2) is 0 Å². The summed E-state index contributed by atoms with van der Waals surface area (Å²) in [6.45, 7) is 2.77. The lowest BCUT2D eigenvalue weighted by atomic mass is 10.1. The highest BCUT2D eigenvalue weighted by Crippen LogP contribution is 2.13. The molecule has 16 heavy (non-hydrogen) atoms. The number of rotatable bonds is 3. The number of pyridine rings is 1. The van der Waals surface area contributed by atoms with Crippen LogP contribution in [0.4, 0.5) is 0 Å². The predicted octanol–water partition coefficient (Wildman–Crippen LogP) is 1.33. The van der Waals surface area contributed by atoms with E-state index in [2.05, 4.69) is 10.3 Å². The molecule has 1 heterocycles. The Morgan fingerprint density at radius 3 is 2.62 bits per heavy atom. The highest BCUT2D eigenvalue weighted by molar-refractivity contribution is 6.32. The van der Waals surface area contributed by atoms with Crippen LogP contribution in [0.5, 0.6) is 0 Å². The molecular formula is C10H11ClN2O3. The number of aromatic nitrogens is 1. The summed E-state index contributed by atoms with van der Waals surface area (Å²) in [5.41, 5.74) is -1.20. The molecule has 1 aromatic heterocycles. The molecule has 0 bridgehead atoms. The zero-order chi connectivity index (χ0) is 12.3. The summed E-state index contributed by atoms with van der Waals surface area (Å²) < 4.78 is 0. The molecule has 2 N–H and O–H groups in total. The Kier molecular flexibility index (Phi) is 3.49. The van der Waals surface area contributed by atoms with E-state index in [1.54, 1.807) is 6.07 Å². The lowest BCUT2D eigenvalue weighted by Gasteiger charge is -2.21. The van der Waals surface area contributed by atoms with Crippen LogP contribution in [0, 0.1) is 0 Å². The van der Waals surface area contributed by atoms with Crippen LogP contribution in [0.2, 0.25) is 5.15 Å². The minimum atomic E-state index is -1.35. The van der Waals surface area contributed by atoms with Crippen LogP contribution >= 0.6 is 11.6 Å². The number of hydrogen-bond donors (Lipinski definition) is 2. The van der Waals surface area contributed by atoms with Crippen molar-refractivity contribution in [1.29, 1.82) is 0 Å². The Bertz CT molecular complexity index is 432. The van der Waals surface area contributed by atoms with Crippen molar-refractivity contribution < 1.29 is 14.7 Å². The summed E-state index contributed by atoms with van der Waals surface area (Å²) in [5.74, 6) is -1.69. The number of nitrogens with one attached hydrogen (secondary N) is 1. The Morgan fingerprint density at radius 1 is 1.50 bits per heavy atom. The third-order valence-corrected chi connectivity index (χ3v) is 2.27. The molecule has 0 saturated heterocycles. The number of carboxylic acid groups (broad SMARTS) is 1. The third kappa shape index (κ3) is 2.70. The van der Waals surface area contributed by atoms with Gasteiger partial charge in [-0.15, -0.1) is 0 Å². The van der Waals surface area contributed by atoms with Gasteiger partial charge in [0.05, 0.1) is 5.56 Å². The number of carbonyl (C=O) groups excluding carboxylic acids is 1. The van der Waals surface area contributed by atoms with Crippen LogP contribution in [-0.4, -0.2) is 27.5 Å². The molecule has 0 fully saturated rings. The van der Waals surface area contributed by atoms with Gasteiger partial charge in [0.1, 0.15) is 10.7 Å². The lowest BCUT2D eigenvalue weighted by molar-refractivity contribution is -0.143. The van der Waals surface area contributed by atoms with E-state index < -0.39 is 17.4 Å². The van der Waals surface area contributed by atoms with Gasteiger partial charge in [0.2, 0.25) is 0 Å². The maximum absolute atomic E-state index is 11.7. The van der Waals surface area contributed by atoms with Crippen LogP contribution in [0.3, 0.4) is 0 Å². The van der Waals surface area contributed by atoms with Crippen LogP contribution in [-0.2, 0) is 4.79 Å². The van der Waals surface area contributed by atoms with Crippen molar-refractivity contribution >= 4 is 23.5 Å². The molecule has 5 nitrogen and oxygen atoms in total. The van der Waals surface area contributed by atoms with E-state index in [0.717, 1.165) is 0 Å². The molecule has 6 heteroatoms. The average Bonchev–Trinajstić information content (AvgIpc) is 2.17. The van der Waals surface area contributed by atoms with Gasteiger partial charge >= 0.3 is 5.97 Å². The molecule has 1 rings (SSSR count). The fraction of sp³-hybridized carbons (Fsp3) is 0.300. The van der Waals surface area contributed by atoms with Gasteiger partial charge in [-0.05, 0) is 26.0 Å². The minimum Gasteiger partial charge on any atom is -0.480 e. The van der Waals surface area contributed by atoms with Gasteiger partial charge in [-0.25, -0.2) is 9.78 Å². The first-order valence-electron chi connectivity index (χ1n) is 4.51. The highest BCUT2D eigenvalue weighted by Gasteiger charge is 2.29. The van der Waals surface area contributed by atoms with E-state index in [0.29, 0.717) is 0 Å². The molecule has 0 aromatic carbocycles. The van der Waals surface area contributed by atoms with E-state index >= 15 is 0 Å². The maximum atomic E-state index is 11.7. The first-order chi connectivity index (χ1) is 7.34. The first-order valence-corrected chi connectivity index (χ1v) is 4.89. The summed E-state index contributed by atoms with van der Waals surface area (Å²) >= 11 is 5.71. The average molecular weight is 243 g/mol. The molecule has 1 aromatic rings. The van der Waals surface area contributed by atoms with Crippen LogP contribution < -0.4 is 5.32 Å². The zero-order valence-corrected chi connectivity index (χ0v) is 9.58. The quantitative estimate of drug-likeness (QED) is 0.784. The summed E-state index contributed by atoms with van der Waals surface area (Å²) in [6, 6.07) is 3.02. The molecule has 0 unspecified atom stereocenters. The second kappa shape index (κ2) is 4.49. The molecule has 0 radical (unpaired) electrons. The van der Waals surface area contributed by atoms with Gasteiger partial charge in [-0.1, -0.05) is 11.6 Å². The van der Waals surface area contributed by atoms with Gasteiger partial charge in [-0.3, -0.25) is 4.79 Å². The van der Waals surface area contributed by atoms with Gasteiger partial charge < -0.3 is 10.4 Å². The molecule has 86 valence electrons. The van der Waals surface area contributed by atoms with Crippen molar-refractivity contribution in [1.82, 2.24) is 10.3 Å². The van der Waals surface area contributed by atoms with E-state index in [1.807, 2.05) is 0 Å². The van der Waals surface area contributed by atoms with Crippen LogP contribution in [0.1, 0.15) is 24.2 Å². The van der Waals surface area contributed by atoms with E-state index in [4.69, 9.17) is 16.7 Å². The monoisotopic (exact) mass is 242 g/mol. The third-order valence-electron chi connectivity index (χ3n) is 1.96. The molecular weight excluding hydrogens is 232 g/mol. The number of amides is 1. The van der Waals surface area contributed by atoms with Gasteiger partial charge in [0, 0.05) is 6.20 Å². The van der Waals surface area contributed by atoms with Crippen molar-refractivity contribution in [2.45, 2.75) is 19.4 Å². The second-order valence-electron chi connectivity index (χ2n) is 3.73. The number of hydrogen-bond acceptors (Lipinski definition) is 3. The Hall–Kier alpha value is -1.62. The maximum Gasteiger partial charge on any atom is 0.328 e. The SMILES string of the molecule is CC(C)(NC(=O)c1cccnc1Cl)C(=O)O. The molecule has 0 atom stereocenters. The summed E-state index contributed by atoms with van der Waals surface area (Å²) in [6.07, 6.45) is 1.45. The zero-order valence-electron chi connectivity index (χ0n) is 8.82. The highest BCUT2D eigenvalue weighted by atomic mass is 35.5. The fourth-order valence-electron chi connectivity index (χ4n) is 0.960. The Morgan fingerprint density at radius 2 is 2.12 bits per heavy atom.